The lowest BCUT2D eigenvalue weighted by molar-refractivity contribution is -0.134. The number of phenols is 3. The maximum Gasteiger partial charge on any atom is 0.514 e. The van der Waals surface area contributed by atoms with Crippen LogP contribution in [0.4, 0.5) is 10.5 Å². The number of amides is 2. The Morgan fingerprint density at radius 3 is 2.27 bits per heavy atom. The number of anilines is 1. The van der Waals surface area contributed by atoms with Gasteiger partial charge in [0.05, 0.1) is 22.7 Å². The topological polar surface area (TPSA) is 140 Å². The third-order valence-corrected chi connectivity index (χ3v) is 9.57. The fraction of sp³-hybridized carbons (Fsp3) is 0.229. The van der Waals surface area contributed by atoms with E-state index in [-0.39, 0.29) is 42.0 Å². The molecule has 3 atom stereocenters. The molecule has 0 aliphatic carbocycles. The molecule has 5 rings (SSSR count). The van der Waals surface area contributed by atoms with Crippen molar-refractivity contribution in [3.63, 3.8) is 0 Å². The number of rotatable bonds is 9. The third-order valence-electron chi connectivity index (χ3n) is 7.72. The van der Waals surface area contributed by atoms with E-state index in [1.54, 1.807) is 74.8 Å². The molecule has 0 unspecified atom stereocenters. The van der Waals surface area contributed by atoms with Crippen LogP contribution >= 0.6 is 34.5 Å². The monoisotopic (exact) mass is 783 g/mol. The van der Waals surface area contributed by atoms with Crippen LogP contribution < -0.4 is 9.04 Å². The van der Waals surface area contributed by atoms with Crippen molar-refractivity contribution in [3.05, 3.63) is 106 Å². The number of nitrogens with zero attached hydrogens (tertiary/aromatic N) is 3. The Balaban J connectivity index is 1.60. The Labute approximate surface area is 296 Å². The average molecular weight is 784 g/mol. The van der Waals surface area contributed by atoms with E-state index < -0.39 is 24.3 Å². The number of likely N-dealkylation sites (tertiary alicyclic amines) is 1. The van der Waals surface area contributed by atoms with Gasteiger partial charge in [-0.2, -0.15) is 0 Å². The molecule has 13 heteroatoms. The Kier molecular flexibility index (Phi) is 11.0. The Morgan fingerprint density at radius 2 is 1.60 bits per heavy atom. The summed E-state index contributed by atoms with van der Waals surface area (Å²) in [7, 11) is 3.28. The van der Waals surface area contributed by atoms with Crippen LogP contribution in [0, 0.1) is 3.57 Å². The summed E-state index contributed by atoms with van der Waals surface area (Å²) in [6.07, 6.45) is -1.51. The van der Waals surface area contributed by atoms with Gasteiger partial charge in [0.15, 0.2) is 0 Å². The predicted octanol–water partition coefficient (Wildman–Crippen LogP) is 6.30. The van der Waals surface area contributed by atoms with E-state index in [0.717, 1.165) is 15.5 Å². The molecule has 11 nitrogen and oxygen atoms in total. The van der Waals surface area contributed by atoms with Crippen molar-refractivity contribution in [1.29, 1.82) is 0 Å². The molecular weight excluding hydrogens is 749 g/mol. The van der Waals surface area contributed by atoms with E-state index >= 15 is 0 Å². The van der Waals surface area contributed by atoms with Crippen molar-refractivity contribution >= 4 is 58.2 Å². The molecule has 0 spiro atoms. The van der Waals surface area contributed by atoms with Gasteiger partial charge in [0.1, 0.15) is 29.1 Å². The SMILES string of the molecule is CC(=O)N(Sc1ccc(O)cc1O)c1ccc(I)cc1[C@H](c1ccccc1O)N1C[C@H](OC(=O)Oc2ccccc2)C[C@H]1C(=O)N(C)C. The lowest BCUT2D eigenvalue weighted by atomic mass is 9.93. The highest BCUT2D eigenvalue weighted by molar-refractivity contribution is 14.1. The molecule has 0 aromatic heterocycles. The minimum atomic E-state index is -0.911. The van der Waals surface area contributed by atoms with Crippen molar-refractivity contribution in [2.45, 2.75) is 36.4 Å². The predicted molar refractivity (Wildman–Crippen MR) is 189 cm³/mol. The fourth-order valence-electron chi connectivity index (χ4n) is 5.61. The van der Waals surface area contributed by atoms with Gasteiger partial charge in [-0.15, -0.1) is 0 Å². The Morgan fingerprint density at radius 1 is 0.896 bits per heavy atom. The smallest absolute Gasteiger partial charge is 0.508 e. The summed E-state index contributed by atoms with van der Waals surface area (Å²) in [4.78, 5) is 43.5. The number of para-hydroxylation sites is 2. The number of likely N-dealkylation sites (N-methyl/N-ethyl adjacent to an activating group) is 1. The van der Waals surface area contributed by atoms with E-state index in [1.165, 1.54) is 34.3 Å². The molecule has 1 aliphatic heterocycles. The Hall–Kier alpha value is -4.47. The highest BCUT2D eigenvalue weighted by Crippen LogP contribution is 2.46. The molecule has 0 radical (unpaired) electrons. The minimum absolute atomic E-state index is 0.0329. The summed E-state index contributed by atoms with van der Waals surface area (Å²) in [5.41, 5.74) is 1.48. The van der Waals surface area contributed by atoms with Gasteiger partial charge in [0.25, 0.3) is 0 Å². The van der Waals surface area contributed by atoms with Gasteiger partial charge in [-0.3, -0.25) is 14.5 Å². The van der Waals surface area contributed by atoms with Gasteiger partial charge in [-0.1, -0.05) is 36.4 Å². The third kappa shape index (κ3) is 7.97. The first kappa shape index (κ1) is 34.9. The number of carbonyl (C=O) groups is 3. The van der Waals surface area contributed by atoms with Gasteiger partial charge in [-0.25, -0.2) is 9.10 Å². The van der Waals surface area contributed by atoms with Crippen molar-refractivity contribution < 1.29 is 39.2 Å². The molecule has 2 amide bonds. The second-order valence-electron chi connectivity index (χ2n) is 11.3. The van der Waals surface area contributed by atoms with E-state index in [9.17, 15) is 29.7 Å². The molecule has 0 saturated carbocycles. The van der Waals surface area contributed by atoms with Crippen LogP contribution in [-0.2, 0) is 14.3 Å². The van der Waals surface area contributed by atoms with Crippen LogP contribution in [0.5, 0.6) is 23.0 Å². The first-order chi connectivity index (χ1) is 22.9. The summed E-state index contributed by atoms with van der Waals surface area (Å²) in [6, 6.07) is 23.2. The summed E-state index contributed by atoms with van der Waals surface area (Å²) in [6.45, 7) is 1.49. The zero-order chi connectivity index (χ0) is 34.5. The average Bonchev–Trinajstić information content (AvgIpc) is 3.44. The highest BCUT2D eigenvalue weighted by Gasteiger charge is 2.45. The van der Waals surface area contributed by atoms with Crippen molar-refractivity contribution in [2.24, 2.45) is 0 Å². The first-order valence-electron chi connectivity index (χ1n) is 14.9. The molecule has 1 saturated heterocycles. The maximum absolute atomic E-state index is 13.8. The van der Waals surface area contributed by atoms with Crippen LogP contribution in [0.15, 0.2) is 95.9 Å². The van der Waals surface area contributed by atoms with Gasteiger partial charge in [0.2, 0.25) is 11.8 Å². The molecule has 48 heavy (non-hydrogen) atoms. The molecule has 3 N–H and O–H groups in total. The van der Waals surface area contributed by atoms with Crippen LogP contribution in [0.25, 0.3) is 0 Å². The zero-order valence-electron chi connectivity index (χ0n) is 26.3. The lowest BCUT2D eigenvalue weighted by Gasteiger charge is -2.36. The number of phenolic OH excluding ortho intramolecular Hbond substituents is 3. The van der Waals surface area contributed by atoms with Gasteiger partial charge >= 0.3 is 6.16 Å². The number of benzene rings is 4. The van der Waals surface area contributed by atoms with Gasteiger partial charge < -0.3 is 29.7 Å². The molecule has 1 heterocycles. The van der Waals surface area contributed by atoms with E-state index in [2.05, 4.69) is 22.6 Å². The van der Waals surface area contributed by atoms with E-state index in [1.807, 2.05) is 17.0 Å². The summed E-state index contributed by atoms with van der Waals surface area (Å²) in [5.74, 6) is -0.662. The molecule has 1 fully saturated rings. The molecule has 4 aromatic rings. The molecule has 0 bridgehead atoms. The summed E-state index contributed by atoms with van der Waals surface area (Å²) >= 11 is 3.12. The van der Waals surface area contributed by atoms with Crippen molar-refractivity contribution in [3.8, 4) is 23.0 Å². The van der Waals surface area contributed by atoms with Crippen LogP contribution in [-0.4, -0.2) is 75.9 Å². The lowest BCUT2D eigenvalue weighted by Crippen LogP contribution is -2.45. The van der Waals surface area contributed by atoms with Crippen molar-refractivity contribution in [1.82, 2.24) is 9.80 Å². The van der Waals surface area contributed by atoms with Crippen LogP contribution in [0.2, 0.25) is 0 Å². The number of hydrogen-bond donors (Lipinski definition) is 3. The largest absolute Gasteiger partial charge is 0.514 e. The molecular formula is C35H34IN3O8S. The normalized spacial score (nSPS) is 16.6. The minimum Gasteiger partial charge on any atom is -0.508 e. The Bertz CT molecular complexity index is 1810. The second kappa shape index (κ2) is 15.2. The number of halogens is 1. The molecule has 250 valence electrons. The number of carbonyl (C=O) groups excluding carboxylic acids is 3. The van der Waals surface area contributed by atoms with E-state index in [4.69, 9.17) is 9.47 Å². The van der Waals surface area contributed by atoms with Gasteiger partial charge in [-0.05, 0) is 88.6 Å². The quantitative estimate of drug-likeness (QED) is 0.0767. The summed E-state index contributed by atoms with van der Waals surface area (Å²) < 4.78 is 13.3. The highest BCUT2D eigenvalue weighted by atomic mass is 127. The zero-order valence-corrected chi connectivity index (χ0v) is 29.3. The van der Waals surface area contributed by atoms with Crippen molar-refractivity contribution in [2.75, 3.05) is 24.9 Å². The second-order valence-corrected chi connectivity index (χ2v) is 13.5. The maximum atomic E-state index is 13.8. The number of ether oxygens (including phenoxy) is 2. The molecule has 4 aromatic carbocycles. The standard InChI is InChI=1S/C35H34IN3O8S/c1-21(40)39(48-32-16-14-23(41)18-31(32)43)28-15-13-22(36)17-27(28)33(26-11-7-8-12-30(26)42)38-20-25(19-29(38)34(44)37(2)3)47-35(45)46-24-9-5-4-6-10-24/h4-18,25,29,33,41-43H,19-20H2,1-3H3/t25-,29+,33+/m1/s1. The van der Waals surface area contributed by atoms with Crippen LogP contribution in [0.3, 0.4) is 0 Å². The number of aromatic hydroxyl groups is 3. The van der Waals surface area contributed by atoms with E-state index in [0.29, 0.717) is 27.5 Å². The summed E-state index contributed by atoms with van der Waals surface area (Å²) in [5, 5.41) is 31.6. The number of hydrogen-bond acceptors (Lipinski definition) is 10. The van der Waals surface area contributed by atoms with Gasteiger partial charge in [0, 0.05) is 49.2 Å². The first-order valence-corrected chi connectivity index (χ1v) is 16.8. The fourth-order valence-corrected chi connectivity index (χ4v) is 7.00. The van der Waals surface area contributed by atoms with Crippen LogP contribution in [0.1, 0.15) is 30.5 Å². The molecule has 1 aliphatic rings.